The van der Waals surface area contributed by atoms with E-state index in [1.165, 1.54) is 0 Å². The normalized spacial score (nSPS) is 14.1. The Morgan fingerprint density at radius 3 is 2.67 bits per heavy atom. The zero-order valence-electron chi connectivity index (χ0n) is 16.3. The van der Waals surface area contributed by atoms with Crippen LogP contribution in [0.2, 0.25) is 0 Å². The minimum atomic E-state index is -0.692. The summed E-state index contributed by atoms with van der Waals surface area (Å²) in [6.07, 6.45) is 2.18. The second-order valence-electron chi connectivity index (χ2n) is 7.72. The molecular weight excluding hydrogens is 390 g/mol. The molecule has 0 spiro atoms. The van der Waals surface area contributed by atoms with E-state index in [0.717, 1.165) is 25.0 Å². The molecule has 154 valence electrons. The number of hydrogen-bond acceptors (Lipinski definition) is 5. The lowest BCUT2D eigenvalue weighted by atomic mass is 9.96. The molecular formula is C22H20F2N4O2. The average Bonchev–Trinajstić information content (AvgIpc) is 3.45. The summed E-state index contributed by atoms with van der Waals surface area (Å²) in [6, 6.07) is 5.59. The van der Waals surface area contributed by atoms with Gasteiger partial charge < -0.3 is 20.5 Å². The van der Waals surface area contributed by atoms with E-state index >= 15 is 0 Å². The SMILES string of the molecule is Cc1c(-c2cc(F)c(N)cc2F)ccc2c3oc(CCN)nc3c(=O)n(C3CC3)c12. The van der Waals surface area contributed by atoms with Crippen LogP contribution in [-0.4, -0.2) is 16.1 Å². The molecule has 0 aliphatic heterocycles. The molecule has 0 saturated heterocycles. The van der Waals surface area contributed by atoms with Gasteiger partial charge in [0.15, 0.2) is 17.0 Å². The summed E-state index contributed by atoms with van der Waals surface area (Å²) in [7, 11) is 0. The first-order chi connectivity index (χ1) is 14.4. The summed E-state index contributed by atoms with van der Waals surface area (Å²) in [6.45, 7) is 2.15. The van der Waals surface area contributed by atoms with Crippen LogP contribution >= 0.6 is 0 Å². The summed E-state index contributed by atoms with van der Waals surface area (Å²) >= 11 is 0. The lowest BCUT2D eigenvalue weighted by molar-refractivity contribution is 0.533. The minimum Gasteiger partial charge on any atom is -0.440 e. The van der Waals surface area contributed by atoms with Crippen molar-refractivity contribution in [1.82, 2.24) is 9.55 Å². The number of hydrogen-bond donors (Lipinski definition) is 2. The number of fused-ring (bicyclic) bond motifs is 3. The number of rotatable bonds is 4. The smallest absolute Gasteiger partial charge is 0.281 e. The quantitative estimate of drug-likeness (QED) is 0.498. The van der Waals surface area contributed by atoms with Crippen LogP contribution in [0.1, 0.15) is 30.3 Å². The van der Waals surface area contributed by atoms with Crippen molar-refractivity contribution in [3.05, 3.63) is 57.7 Å². The monoisotopic (exact) mass is 410 g/mol. The highest BCUT2D eigenvalue weighted by Gasteiger charge is 2.30. The van der Waals surface area contributed by atoms with Gasteiger partial charge in [-0.1, -0.05) is 6.07 Å². The highest BCUT2D eigenvalue weighted by molar-refractivity contribution is 6.04. The van der Waals surface area contributed by atoms with Crippen LogP contribution < -0.4 is 17.0 Å². The maximum absolute atomic E-state index is 14.6. The first kappa shape index (κ1) is 18.7. The number of anilines is 1. The van der Waals surface area contributed by atoms with Crippen molar-refractivity contribution in [2.24, 2.45) is 5.73 Å². The van der Waals surface area contributed by atoms with E-state index in [0.29, 0.717) is 46.5 Å². The van der Waals surface area contributed by atoms with Crippen molar-refractivity contribution in [1.29, 1.82) is 0 Å². The maximum Gasteiger partial charge on any atom is 0.281 e. The van der Waals surface area contributed by atoms with E-state index in [1.807, 2.05) is 0 Å². The van der Waals surface area contributed by atoms with Gasteiger partial charge in [0.25, 0.3) is 5.56 Å². The third-order valence-electron chi connectivity index (χ3n) is 5.66. The first-order valence-corrected chi connectivity index (χ1v) is 9.83. The Morgan fingerprint density at radius 2 is 1.97 bits per heavy atom. The van der Waals surface area contributed by atoms with Crippen LogP contribution in [0, 0.1) is 18.6 Å². The third-order valence-corrected chi connectivity index (χ3v) is 5.66. The predicted octanol–water partition coefficient (Wildman–Crippen LogP) is 3.81. The molecule has 0 atom stereocenters. The minimum absolute atomic E-state index is 0.0565. The van der Waals surface area contributed by atoms with Crippen molar-refractivity contribution in [3.8, 4) is 11.1 Å². The van der Waals surface area contributed by atoms with E-state index < -0.39 is 11.6 Å². The molecule has 6 nitrogen and oxygen atoms in total. The van der Waals surface area contributed by atoms with Crippen molar-refractivity contribution in [2.45, 2.75) is 32.2 Å². The van der Waals surface area contributed by atoms with E-state index in [1.54, 1.807) is 23.6 Å². The molecule has 0 unspecified atom stereocenters. The molecule has 5 rings (SSSR count). The molecule has 1 fully saturated rings. The fourth-order valence-corrected chi connectivity index (χ4v) is 4.07. The highest BCUT2D eigenvalue weighted by atomic mass is 19.1. The zero-order chi connectivity index (χ0) is 21.2. The molecule has 1 aliphatic carbocycles. The fraction of sp³-hybridized carbons (Fsp3) is 0.273. The van der Waals surface area contributed by atoms with Gasteiger partial charge in [0.2, 0.25) is 0 Å². The molecule has 4 N–H and O–H groups in total. The molecule has 2 heterocycles. The molecule has 8 heteroatoms. The number of nitrogen functional groups attached to an aromatic ring is 1. The molecule has 0 bridgehead atoms. The van der Waals surface area contributed by atoms with Crippen molar-refractivity contribution in [3.63, 3.8) is 0 Å². The molecule has 0 amide bonds. The number of nitrogens with zero attached hydrogens (tertiary/aromatic N) is 2. The van der Waals surface area contributed by atoms with Crippen molar-refractivity contribution in [2.75, 3.05) is 12.3 Å². The topological polar surface area (TPSA) is 100 Å². The molecule has 1 aliphatic rings. The van der Waals surface area contributed by atoms with Gasteiger partial charge in [-0.05, 0) is 43.0 Å². The van der Waals surface area contributed by atoms with Crippen LogP contribution in [0.3, 0.4) is 0 Å². The number of pyridine rings is 1. The van der Waals surface area contributed by atoms with Crippen LogP contribution in [0.5, 0.6) is 0 Å². The molecule has 0 radical (unpaired) electrons. The molecule has 4 aromatic rings. The summed E-state index contributed by atoms with van der Waals surface area (Å²) < 4.78 is 36.3. The Morgan fingerprint density at radius 1 is 1.20 bits per heavy atom. The van der Waals surface area contributed by atoms with E-state index in [4.69, 9.17) is 15.9 Å². The second kappa shape index (κ2) is 6.63. The van der Waals surface area contributed by atoms with Crippen LogP contribution in [0.25, 0.3) is 33.1 Å². The fourth-order valence-electron chi connectivity index (χ4n) is 4.07. The lowest BCUT2D eigenvalue weighted by Gasteiger charge is -2.16. The Kier molecular flexibility index (Phi) is 4.14. The highest BCUT2D eigenvalue weighted by Crippen LogP contribution is 2.41. The van der Waals surface area contributed by atoms with Gasteiger partial charge >= 0.3 is 0 Å². The van der Waals surface area contributed by atoms with Gasteiger partial charge in [-0.2, -0.15) is 0 Å². The largest absolute Gasteiger partial charge is 0.440 e. The van der Waals surface area contributed by atoms with Gasteiger partial charge in [0.05, 0.1) is 11.2 Å². The van der Waals surface area contributed by atoms with Gasteiger partial charge in [-0.3, -0.25) is 4.79 Å². The summed E-state index contributed by atoms with van der Waals surface area (Å²) in [4.78, 5) is 17.6. The van der Waals surface area contributed by atoms with Crippen molar-refractivity contribution < 1.29 is 13.2 Å². The van der Waals surface area contributed by atoms with Crippen LogP contribution in [0.15, 0.2) is 33.5 Å². The number of nitrogens with two attached hydrogens (primary N) is 2. The number of halogens is 2. The maximum atomic E-state index is 14.6. The summed E-state index contributed by atoms with van der Waals surface area (Å²) in [5.41, 5.74) is 13.2. The zero-order valence-corrected chi connectivity index (χ0v) is 16.3. The van der Waals surface area contributed by atoms with Gasteiger partial charge in [-0.25, -0.2) is 13.8 Å². The first-order valence-electron chi connectivity index (χ1n) is 9.83. The third kappa shape index (κ3) is 2.71. The number of aryl methyl sites for hydroxylation is 1. The van der Waals surface area contributed by atoms with Crippen LogP contribution in [-0.2, 0) is 6.42 Å². The Bertz CT molecular complexity index is 1390. The molecule has 2 aromatic heterocycles. The standard InChI is InChI=1S/C22H20F2N4O2/c1-10-12(14-8-16(24)17(26)9-15(14)23)4-5-13-20(10)28(11-2-3-11)22(29)19-21(13)30-18(27-19)6-7-25/h4-5,8-9,11H,2-3,6-7,25-26H2,1H3. The lowest BCUT2D eigenvalue weighted by Crippen LogP contribution is -2.21. The van der Waals surface area contributed by atoms with E-state index in [-0.39, 0.29) is 28.4 Å². The Hall–Kier alpha value is -3.26. The number of benzene rings is 2. The van der Waals surface area contributed by atoms with Gasteiger partial charge in [0, 0.05) is 36.0 Å². The molecule has 2 aromatic carbocycles. The van der Waals surface area contributed by atoms with Crippen molar-refractivity contribution >= 4 is 27.7 Å². The van der Waals surface area contributed by atoms with Gasteiger partial charge in [-0.15, -0.1) is 0 Å². The Labute approximate surface area is 170 Å². The number of oxazole rings is 1. The predicted molar refractivity (Wildman–Crippen MR) is 111 cm³/mol. The van der Waals surface area contributed by atoms with E-state index in [9.17, 15) is 13.6 Å². The summed E-state index contributed by atoms with van der Waals surface area (Å²) in [5, 5.41) is 0.713. The Balaban J connectivity index is 1.87. The summed E-state index contributed by atoms with van der Waals surface area (Å²) in [5.74, 6) is -0.905. The second-order valence-corrected chi connectivity index (χ2v) is 7.72. The van der Waals surface area contributed by atoms with Crippen LogP contribution in [0.4, 0.5) is 14.5 Å². The number of aromatic nitrogens is 2. The molecule has 30 heavy (non-hydrogen) atoms. The average molecular weight is 410 g/mol. The molecule has 1 saturated carbocycles. The van der Waals surface area contributed by atoms with Gasteiger partial charge in [0.1, 0.15) is 11.6 Å². The van der Waals surface area contributed by atoms with E-state index in [2.05, 4.69) is 4.98 Å².